The van der Waals surface area contributed by atoms with E-state index in [0.717, 1.165) is 28.6 Å². The van der Waals surface area contributed by atoms with Crippen molar-refractivity contribution in [2.75, 3.05) is 13.6 Å². The lowest BCUT2D eigenvalue weighted by molar-refractivity contribution is -0.137. The van der Waals surface area contributed by atoms with E-state index in [1.165, 1.54) is 12.1 Å². The smallest absolute Gasteiger partial charge is 0.416 e. The van der Waals surface area contributed by atoms with Crippen LogP contribution in [0.1, 0.15) is 22.8 Å². The van der Waals surface area contributed by atoms with Crippen LogP contribution in [0.2, 0.25) is 0 Å². The Morgan fingerprint density at radius 1 is 1.12 bits per heavy atom. The molecule has 0 aromatic heterocycles. The number of allylic oxidation sites excluding steroid dienone is 1. The highest BCUT2D eigenvalue weighted by atomic mass is 19.4. The molecule has 8 heteroatoms. The number of hydrogen-bond acceptors (Lipinski definition) is 4. The van der Waals surface area contributed by atoms with E-state index < -0.39 is 11.7 Å². The molecule has 1 heterocycles. The molecule has 1 aliphatic rings. The average molecular weight is 467 g/mol. The van der Waals surface area contributed by atoms with E-state index >= 15 is 0 Å². The van der Waals surface area contributed by atoms with Crippen LogP contribution in [0, 0.1) is 0 Å². The predicted octanol–water partition coefficient (Wildman–Crippen LogP) is 5.44. The molecule has 0 bridgehead atoms. The number of nitrogens with zero attached hydrogens (tertiary/aromatic N) is 1. The third kappa shape index (κ3) is 5.01. The highest BCUT2D eigenvalue weighted by Gasteiger charge is 2.30. The van der Waals surface area contributed by atoms with Crippen molar-refractivity contribution < 1.29 is 22.7 Å². The molecule has 0 aliphatic carbocycles. The third-order valence-electron chi connectivity index (χ3n) is 5.66. The summed E-state index contributed by atoms with van der Waals surface area (Å²) in [5.74, 6) is 0.536. The van der Waals surface area contributed by atoms with E-state index in [0.29, 0.717) is 23.6 Å². The maximum Gasteiger partial charge on any atom is 0.416 e. The van der Waals surface area contributed by atoms with Crippen LogP contribution in [0.5, 0.6) is 11.5 Å². The summed E-state index contributed by atoms with van der Waals surface area (Å²) < 4.78 is 44.2. The minimum Gasteiger partial charge on any atom is -0.457 e. The lowest BCUT2D eigenvalue weighted by Gasteiger charge is -2.29. The van der Waals surface area contributed by atoms with E-state index in [2.05, 4.69) is 5.32 Å². The molecule has 5 nitrogen and oxygen atoms in total. The summed E-state index contributed by atoms with van der Waals surface area (Å²) in [5.41, 5.74) is 7.23. The number of amides is 1. The second-order valence-electron chi connectivity index (χ2n) is 8.17. The zero-order valence-electron chi connectivity index (χ0n) is 18.7. The monoisotopic (exact) mass is 467 g/mol. The summed E-state index contributed by atoms with van der Waals surface area (Å²) in [6.07, 6.45) is -0.649. The fourth-order valence-electron chi connectivity index (χ4n) is 3.82. The Bertz CT molecular complexity index is 1280. The van der Waals surface area contributed by atoms with Gasteiger partial charge in [0.2, 0.25) is 0 Å². The number of likely N-dealkylation sites (N-methyl/N-ethyl adjacent to an activating group) is 1. The number of carbonyl (C=O) groups is 1. The highest BCUT2D eigenvalue weighted by Crippen LogP contribution is 2.33. The summed E-state index contributed by atoms with van der Waals surface area (Å²) >= 11 is 0. The number of halogens is 3. The fourth-order valence-corrected chi connectivity index (χ4v) is 3.82. The van der Waals surface area contributed by atoms with E-state index in [1.807, 2.05) is 37.1 Å². The second-order valence-corrected chi connectivity index (χ2v) is 8.17. The maximum absolute atomic E-state index is 12.9. The Kier molecular flexibility index (Phi) is 6.24. The van der Waals surface area contributed by atoms with Crippen molar-refractivity contribution in [2.24, 2.45) is 5.73 Å². The number of nitrogens with two attached hydrogens (primary N) is 1. The molecule has 0 saturated carbocycles. The normalized spacial score (nSPS) is 14.9. The molecule has 3 aromatic carbocycles. The maximum atomic E-state index is 12.9. The van der Waals surface area contributed by atoms with Gasteiger partial charge in [-0.05, 0) is 73.0 Å². The topological polar surface area (TPSA) is 67.6 Å². The Balaban J connectivity index is 1.52. The van der Waals surface area contributed by atoms with Crippen LogP contribution in [0.4, 0.5) is 13.2 Å². The van der Waals surface area contributed by atoms with Gasteiger partial charge in [0.15, 0.2) is 0 Å². The van der Waals surface area contributed by atoms with E-state index in [-0.39, 0.29) is 17.7 Å². The van der Waals surface area contributed by atoms with Gasteiger partial charge in [-0.3, -0.25) is 4.79 Å². The van der Waals surface area contributed by atoms with Crippen LogP contribution >= 0.6 is 0 Å². The number of carbonyl (C=O) groups excluding carboxylic acids is 1. The van der Waals surface area contributed by atoms with Gasteiger partial charge >= 0.3 is 6.18 Å². The van der Waals surface area contributed by atoms with Crippen LogP contribution in [-0.4, -0.2) is 30.4 Å². The van der Waals surface area contributed by atoms with Crippen molar-refractivity contribution in [1.82, 2.24) is 10.2 Å². The lowest BCUT2D eigenvalue weighted by Crippen LogP contribution is -2.40. The molecule has 4 rings (SSSR count). The molecule has 3 N–H and O–H groups in total. The van der Waals surface area contributed by atoms with Gasteiger partial charge in [0, 0.05) is 35.9 Å². The molecule has 1 aliphatic heterocycles. The molecule has 0 saturated heterocycles. The summed E-state index contributed by atoms with van der Waals surface area (Å²) in [6, 6.07) is 14.8. The summed E-state index contributed by atoms with van der Waals surface area (Å²) in [5, 5.41) is 4.50. The van der Waals surface area contributed by atoms with Crippen molar-refractivity contribution in [1.29, 1.82) is 0 Å². The number of ether oxygens (including phenoxy) is 1. The quantitative estimate of drug-likeness (QED) is 0.524. The summed E-state index contributed by atoms with van der Waals surface area (Å²) in [4.78, 5) is 14.9. The van der Waals surface area contributed by atoms with Crippen molar-refractivity contribution in [3.8, 4) is 11.5 Å². The van der Waals surface area contributed by atoms with Crippen LogP contribution in [-0.2, 0) is 6.18 Å². The number of rotatable bonds is 5. The SMILES string of the molecule is CC(NC(=O)c1ccc2c(Oc3ccc(C(F)(F)F)cc3)cccc2c1)C1=CC(N)=CCN1C. The van der Waals surface area contributed by atoms with Crippen LogP contribution in [0.15, 0.2) is 84.2 Å². The first-order valence-corrected chi connectivity index (χ1v) is 10.7. The predicted molar refractivity (Wildman–Crippen MR) is 125 cm³/mol. The first kappa shape index (κ1) is 23.2. The number of hydrogen-bond donors (Lipinski definition) is 2. The number of nitrogens with one attached hydrogen (secondary N) is 1. The standard InChI is InChI=1S/C26H24F3N3O2/c1-16(23-15-20(30)12-13-32(23)2)31-25(33)18-6-11-22-17(14-18)4-3-5-24(22)34-21-9-7-19(8-10-21)26(27,28)29/h3-12,14-16H,13,30H2,1-2H3,(H,31,33). The molecule has 1 unspecified atom stereocenters. The van der Waals surface area contributed by atoms with Gasteiger partial charge in [-0.1, -0.05) is 12.1 Å². The summed E-state index contributed by atoms with van der Waals surface area (Å²) in [7, 11) is 1.94. The number of alkyl halides is 3. The molecule has 0 fully saturated rings. The van der Waals surface area contributed by atoms with Gasteiger partial charge in [-0.2, -0.15) is 13.2 Å². The van der Waals surface area contributed by atoms with Crippen molar-refractivity contribution in [2.45, 2.75) is 19.1 Å². The van der Waals surface area contributed by atoms with Crippen LogP contribution < -0.4 is 15.8 Å². The van der Waals surface area contributed by atoms with Crippen molar-refractivity contribution >= 4 is 16.7 Å². The zero-order chi connectivity index (χ0) is 24.5. The van der Waals surface area contributed by atoms with Gasteiger partial charge in [-0.15, -0.1) is 0 Å². The molecule has 1 amide bonds. The largest absolute Gasteiger partial charge is 0.457 e. The van der Waals surface area contributed by atoms with Crippen molar-refractivity contribution in [3.05, 3.63) is 95.3 Å². The molecule has 1 atom stereocenters. The Labute approximate surface area is 195 Å². The minimum absolute atomic E-state index is 0.231. The Morgan fingerprint density at radius 3 is 2.56 bits per heavy atom. The van der Waals surface area contributed by atoms with E-state index in [9.17, 15) is 18.0 Å². The second kappa shape index (κ2) is 9.13. The molecular weight excluding hydrogens is 443 g/mol. The number of benzene rings is 3. The molecular formula is C26H24F3N3O2. The average Bonchev–Trinajstić information content (AvgIpc) is 2.80. The van der Waals surface area contributed by atoms with E-state index in [4.69, 9.17) is 10.5 Å². The first-order chi connectivity index (χ1) is 16.1. The fraction of sp³-hybridized carbons (Fsp3) is 0.192. The highest BCUT2D eigenvalue weighted by molar-refractivity contribution is 6.00. The van der Waals surface area contributed by atoms with E-state index in [1.54, 1.807) is 30.3 Å². The molecule has 34 heavy (non-hydrogen) atoms. The Hall–Kier alpha value is -3.94. The van der Waals surface area contributed by atoms with Gasteiger partial charge in [0.25, 0.3) is 5.91 Å². The molecule has 3 aromatic rings. The van der Waals surface area contributed by atoms with Gasteiger partial charge in [-0.25, -0.2) is 0 Å². The minimum atomic E-state index is -4.40. The van der Waals surface area contributed by atoms with Gasteiger partial charge < -0.3 is 20.7 Å². The zero-order valence-corrected chi connectivity index (χ0v) is 18.7. The molecule has 176 valence electrons. The summed E-state index contributed by atoms with van der Waals surface area (Å²) in [6.45, 7) is 2.57. The Morgan fingerprint density at radius 2 is 1.85 bits per heavy atom. The third-order valence-corrected chi connectivity index (χ3v) is 5.66. The molecule has 0 spiro atoms. The number of fused-ring (bicyclic) bond motifs is 1. The molecule has 0 radical (unpaired) electrons. The van der Waals surface area contributed by atoms with Gasteiger partial charge in [0.1, 0.15) is 11.5 Å². The van der Waals surface area contributed by atoms with Crippen LogP contribution in [0.3, 0.4) is 0 Å². The van der Waals surface area contributed by atoms with Crippen LogP contribution in [0.25, 0.3) is 10.8 Å². The first-order valence-electron chi connectivity index (χ1n) is 10.7. The lowest BCUT2D eigenvalue weighted by atomic mass is 10.0. The van der Waals surface area contributed by atoms with Crippen molar-refractivity contribution in [3.63, 3.8) is 0 Å². The van der Waals surface area contributed by atoms with Gasteiger partial charge in [0.05, 0.1) is 11.6 Å².